The van der Waals surface area contributed by atoms with Crippen molar-refractivity contribution in [2.75, 3.05) is 11.9 Å². The summed E-state index contributed by atoms with van der Waals surface area (Å²) in [5.74, 6) is -1.52. The predicted octanol–water partition coefficient (Wildman–Crippen LogP) is 3.10. The zero-order chi connectivity index (χ0) is 18.4. The molecule has 2 amide bonds. The highest BCUT2D eigenvalue weighted by Crippen LogP contribution is 2.16. The van der Waals surface area contributed by atoms with E-state index in [1.807, 2.05) is 0 Å². The second-order valence-corrected chi connectivity index (χ2v) is 5.09. The molecule has 0 unspecified atom stereocenters. The fourth-order valence-corrected chi connectivity index (χ4v) is 2.01. The number of alkyl halides is 2. The van der Waals surface area contributed by atoms with Gasteiger partial charge in [0.1, 0.15) is 11.6 Å². The van der Waals surface area contributed by atoms with Crippen molar-refractivity contribution in [3.05, 3.63) is 59.4 Å². The third-order valence-electron chi connectivity index (χ3n) is 3.21. The van der Waals surface area contributed by atoms with Gasteiger partial charge in [0, 0.05) is 11.3 Å². The highest BCUT2D eigenvalue weighted by Gasteiger charge is 2.10. The average Bonchev–Trinajstić information content (AvgIpc) is 2.55. The highest BCUT2D eigenvalue weighted by atomic mass is 19.3. The summed E-state index contributed by atoms with van der Waals surface area (Å²) in [5.41, 5.74) is 1.18. The molecule has 0 aliphatic heterocycles. The van der Waals surface area contributed by atoms with Crippen molar-refractivity contribution >= 4 is 17.5 Å². The Labute approximate surface area is 141 Å². The Bertz CT molecular complexity index is 764. The summed E-state index contributed by atoms with van der Waals surface area (Å²) < 4.78 is 41.3. The number of ether oxygens (including phenoxy) is 1. The molecular weight excluding hydrogens is 337 g/mol. The molecule has 0 saturated carbocycles. The van der Waals surface area contributed by atoms with Gasteiger partial charge in [-0.15, -0.1) is 0 Å². The number of carbonyl (C=O) groups excluding carboxylic acids is 2. The molecule has 0 atom stereocenters. The molecule has 8 heteroatoms. The molecule has 0 fully saturated rings. The van der Waals surface area contributed by atoms with E-state index in [9.17, 15) is 22.8 Å². The fraction of sp³-hybridized carbons (Fsp3) is 0.176. The van der Waals surface area contributed by atoms with Crippen molar-refractivity contribution in [1.82, 2.24) is 5.32 Å². The van der Waals surface area contributed by atoms with Gasteiger partial charge in [-0.1, -0.05) is 0 Å². The van der Waals surface area contributed by atoms with Crippen LogP contribution in [0.15, 0.2) is 42.5 Å². The van der Waals surface area contributed by atoms with Crippen LogP contribution in [0.3, 0.4) is 0 Å². The lowest BCUT2D eigenvalue weighted by Crippen LogP contribution is -2.33. The molecule has 2 aromatic rings. The molecule has 0 aromatic heterocycles. The van der Waals surface area contributed by atoms with E-state index >= 15 is 0 Å². The molecular formula is C17H15F3N2O3. The van der Waals surface area contributed by atoms with Crippen molar-refractivity contribution in [2.24, 2.45) is 0 Å². The second-order valence-electron chi connectivity index (χ2n) is 5.09. The SMILES string of the molecule is Cc1cc(F)ccc1NC(=O)CNC(=O)c1ccc(OC(F)F)cc1. The number of carbonyl (C=O) groups is 2. The van der Waals surface area contributed by atoms with E-state index < -0.39 is 24.2 Å². The van der Waals surface area contributed by atoms with Crippen LogP contribution in [0, 0.1) is 12.7 Å². The van der Waals surface area contributed by atoms with Gasteiger partial charge < -0.3 is 15.4 Å². The smallest absolute Gasteiger partial charge is 0.387 e. The van der Waals surface area contributed by atoms with Gasteiger partial charge in [-0.2, -0.15) is 8.78 Å². The Balaban J connectivity index is 1.87. The first-order valence-electron chi connectivity index (χ1n) is 7.24. The third-order valence-corrected chi connectivity index (χ3v) is 3.21. The average molecular weight is 352 g/mol. The van der Waals surface area contributed by atoms with Gasteiger partial charge in [0.05, 0.1) is 6.54 Å². The largest absolute Gasteiger partial charge is 0.435 e. The molecule has 0 radical (unpaired) electrons. The number of halogens is 3. The number of anilines is 1. The predicted molar refractivity (Wildman–Crippen MR) is 85.2 cm³/mol. The number of rotatable bonds is 6. The van der Waals surface area contributed by atoms with Crippen molar-refractivity contribution in [1.29, 1.82) is 0 Å². The summed E-state index contributed by atoms with van der Waals surface area (Å²) in [6, 6.07) is 8.96. The van der Waals surface area contributed by atoms with Crippen LogP contribution in [0.4, 0.5) is 18.9 Å². The van der Waals surface area contributed by atoms with Gasteiger partial charge >= 0.3 is 6.61 Å². The van der Waals surface area contributed by atoms with Gasteiger partial charge in [-0.25, -0.2) is 4.39 Å². The van der Waals surface area contributed by atoms with Crippen molar-refractivity contribution in [3.8, 4) is 5.75 Å². The van der Waals surface area contributed by atoms with Gasteiger partial charge in [-0.3, -0.25) is 9.59 Å². The molecule has 25 heavy (non-hydrogen) atoms. The van der Waals surface area contributed by atoms with Gasteiger partial charge in [-0.05, 0) is 55.0 Å². The number of nitrogens with one attached hydrogen (secondary N) is 2. The molecule has 5 nitrogen and oxygen atoms in total. The zero-order valence-electron chi connectivity index (χ0n) is 13.2. The van der Waals surface area contributed by atoms with Crippen molar-refractivity contribution < 1.29 is 27.5 Å². The summed E-state index contributed by atoms with van der Waals surface area (Å²) in [6.07, 6.45) is 0. The lowest BCUT2D eigenvalue weighted by molar-refractivity contribution is -0.115. The van der Waals surface area contributed by atoms with Gasteiger partial charge in [0.2, 0.25) is 5.91 Å². The molecule has 0 spiro atoms. The maximum absolute atomic E-state index is 13.0. The minimum absolute atomic E-state index is 0.0731. The molecule has 0 aliphatic rings. The zero-order valence-corrected chi connectivity index (χ0v) is 13.2. The maximum Gasteiger partial charge on any atom is 0.387 e. The molecule has 2 aromatic carbocycles. The minimum atomic E-state index is -2.95. The van der Waals surface area contributed by atoms with E-state index in [0.717, 1.165) is 0 Å². The van der Waals surface area contributed by atoms with Crippen LogP contribution in [0.25, 0.3) is 0 Å². The summed E-state index contributed by atoms with van der Waals surface area (Å²) in [7, 11) is 0. The highest BCUT2D eigenvalue weighted by molar-refractivity contribution is 5.99. The number of benzene rings is 2. The summed E-state index contributed by atoms with van der Waals surface area (Å²) >= 11 is 0. The second kappa shape index (κ2) is 8.18. The maximum atomic E-state index is 13.0. The van der Waals surface area contributed by atoms with Crippen molar-refractivity contribution in [2.45, 2.75) is 13.5 Å². The topological polar surface area (TPSA) is 67.4 Å². The molecule has 0 bridgehead atoms. The van der Waals surface area contributed by atoms with Crippen molar-refractivity contribution in [3.63, 3.8) is 0 Å². The van der Waals surface area contributed by atoms with Gasteiger partial charge in [0.15, 0.2) is 0 Å². The number of aryl methyl sites for hydroxylation is 1. The molecule has 0 saturated heterocycles. The standard InChI is InChI=1S/C17H15F3N2O3/c1-10-8-12(18)4-7-14(10)22-15(23)9-21-16(24)11-2-5-13(6-3-11)25-17(19)20/h2-8,17H,9H2,1H3,(H,21,24)(H,22,23). The summed E-state index contributed by atoms with van der Waals surface area (Å²) in [5, 5.41) is 4.95. The fourth-order valence-electron chi connectivity index (χ4n) is 2.01. The first-order valence-corrected chi connectivity index (χ1v) is 7.24. The first kappa shape index (κ1) is 18.3. The van der Waals surface area contributed by atoms with Crippen LogP contribution in [0.5, 0.6) is 5.75 Å². The van der Waals surface area contributed by atoms with Crippen LogP contribution in [-0.4, -0.2) is 25.0 Å². The van der Waals surface area contributed by atoms with E-state index in [4.69, 9.17) is 0 Å². The quantitative estimate of drug-likeness (QED) is 0.839. The molecule has 132 valence electrons. The molecule has 0 heterocycles. The lowest BCUT2D eigenvalue weighted by atomic mass is 10.2. The third kappa shape index (κ3) is 5.52. The van der Waals surface area contributed by atoms with Crippen LogP contribution in [0.1, 0.15) is 15.9 Å². The van der Waals surface area contributed by atoms with E-state index in [-0.39, 0.29) is 17.9 Å². The van der Waals surface area contributed by atoms with Crippen LogP contribution in [0.2, 0.25) is 0 Å². The van der Waals surface area contributed by atoms with E-state index in [2.05, 4.69) is 15.4 Å². The summed E-state index contributed by atoms with van der Waals surface area (Å²) in [6.45, 7) is -1.61. The Morgan fingerprint density at radius 1 is 1.12 bits per heavy atom. The number of amides is 2. The van der Waals surface area contributed by atoms with Gasteiger partial charge in [0.25, 0.3) is 5.91 Å². The Kier molecular flexibility index (Phi) is 5.99. The van der Waals surface area contributed by atoms with E-state index in [1.165, 1.54) is 42.5 Å². The first-order chi connectivity index (χ1) is 11.8. The molecule has 2 rings (SSSR count). The Morgan fingerprint density at radius 2 is 1.80 bits per heavy atom. The normalized spacial score (nSPS) is 10.4. The molecule has 0 aliphatic carbocycles. The van der Waals surface area contributed by atoms with Crippen LogP contribution in [-0.2, 0) is 4.79 Å². The lowest BCUT2D eigenvalue weighted by Gasteiger charge is -2.10. The number of hydrogen-bond donors (Lipinski definition) is 2. The van der Waals surface area contributed by atoms with E-state index in [1.54, 1.807) is 6.92 Å². The monoisotopic (exact) mass is 352 g/mol. The van der Waals surface area contributed by atoms with E-state index in [0.29, 0.717) is 11.3 Å². The van der Waals surface area contributed by atoms with Crippen LogP contribution >= 0.6 is 0 Å². The molecule has 2 N–H and O–H groups in total. The summed E-state index contributed by atoms with van der Waals surface area (Å²) in [4.78, 5) is 23.8. The minimum Gasteiger partial charge on any atom is -0.435 e. The number of hydrogen-bond acceptors (Lipinski definition) is 3. The van der Waals surface area contributed by atoms with Crippen LogP contribution < -0.4 is 15.4 Å². The Morgan fingerprint density at radius 3 is 2.40 bits per heavy atom. The Hall–Kier alpha value is -3.03.